The maximum atomic E-state index is 12.7. The van der Waals surface area contributed by atoms with Gasteiger partial charge in [0.1, 0.15) is 11.4 Å². The van der Waals surface area contributed by atoms with Crippen molar-refractivity contribution in [3.63, 3.8) is 0 Å². The van der Waals surface area contributed by atoms with Crippen LogP contribution >= 0.6 is 0 Å². The van der Waals surface area contributed by atoms with E-state index >= 15 is 0 Å². The van der Waals surface area contributed by atoms with Crippen molar-refractivity contribution in [1.29, 1.82) is 0 Å². The Morgan fingerprint density at radius 2 is 1.73 bits per heavy atom. The third-order valence-corrected chi connectivity index (χ3v) is 7.51. The minimum atomic E-state index is -2.50. The predicted octanol–water partition coefficient (Wildman–Crippen LogP) is 5.83. The summed E-state index contributed by atoms with van der Waals surface area (Å²) in [7, 11) is 0. The molecule has 1 aliphatic carbocycles. The average molecular weight is 559 g/mol. The number of aliphatic carboxylic acids is 2. The van der Waals surface area contributed by atoms with E-state index < -0.39 is 41.4 Å². The number of esters is 1. The number of hydrogen-bond acceptors (Lipinski definition) is 7. The summed E-state index contributed by atoms with van der Waals surface area (Å²) in [6.07, 6.45) is 8.70. The number of unbranched alkanes of at least 4 members (excludes halogenated alkanes) is 1. The van der Waals surface area contributed by atoms with Crippen LogP contribution in [0.4, 0.5) is 0 Å². The Hall–Kier alpha value is -3.46. The van der Waals surface area contributed by atoms with E-state index in [0.717, 1.165) is 25.7 Å². The van der Waals surface area contributed by atoms with Gasteiger partial charge in [-0.3, -0.25) is 9.59 Å². The summed E-state index contributed by atoms with van der Waals surface area (Å²) >= 11 is 0. The molecule has 0 bridgehead atoms. The van der Waals surface area contributed by atoms with Crippen LogP contribution in [0.25, 0.3) is 0 Å². The molecule has 1 fully saturated rings. The third-order valence-electron chi connectivity index (χ3n) is 7.51. The largest absolute Gasteiger partial charge is 0.499 e. The van der Waals surface area contributed by atoms with Gasteiger partial charge in [0.2, 0.25) is 5.76 Å². The standard InChI is InChI=1S/C31H42O9/c1-4-5-17-30(2,3)18-9-13-21-15-16-24(32)23(21)14-10-19-31(39,20-25(33)34)27(26(35)28(36)37)40-29(38)22-11-7-6-8-12-22/h6-9,11-13,21,23,35,39H,4-5,10,14-20H2,1-3H3,(H,33,34)(H,36,37)/b13-9+,27-26+/t21-,23+,31?/m0/s1. The molecule has 1 saturated carbocycles. The van der Waals surface area contributed by atoms with E-state index in [0.29, 0.717) is 19.3 Å². The number of carbonyl (C=O) groups is 4. The zero-order valence-corrected chi connectivity index (χ0v) is 23.6. The fraction of sp³-hybridized carbons (Fsp3) is 0.548. The average Bonchev–Trinajstić information content (AvgIpc) is 3.24. The minimum absolute atomic E-state index is 0.0138. The van der Waals surface area contributed by atoms with Crippen molar-refractivity contribution < 1.29 is 44.3 Å². The number of benzene rings is 1. The Morgan fingerprint density at radius 3 is 2.33 bits per heavy atom. The van der Waals surface area contributed by atoms with Gasteiger partial charge < -0.3 is 25.2 Å². The highest BCUT2D eigenvalue weighted by Crippen LogP contribution is 2.37. The van der Waals surface area contributed by atoms with Crippen LogP contribution in [0.5, 0.6) is 0 Å². The highest BCUT2D eigenvalue weighted by atomic mass is 16.6. The monoisotopic (exact) mass is 558 g/mol. The first-order valence-corrected chi connectivity index (χ1v) is 13.9. The van der Waals surface area contributed by atoms with E-state index in [1.165, 1.54) is 24.3 Å². The Morgan fingerprint density at radius 1 is 1.05 bits per heavy atom. The lowest BCUT2D eigenvalue weighted by Gasteiger charge is -2.29. The molecule has 1 unspecified atom stereocenters. The molecular weight excluding hydrogens is 516 g/mol. The van der Waals surface area contributed by atoms with Crippen molar-refractivity contribution in [2.24, 2.45) is 17.3 Å². The molecule has 0 aliphatic heterocycles. The number of Topliss-reactive ketones (excluding diaryl/α,β-unsaturated/α-hetero) is 1. The summed E-state index contributed by atoms with van der Waals surface area (Å²) in [5.41, 5.74) is -2.33. The number of carboxylic acids is 2. The van der Waals surface area contributed by atoms with Crippen LogP contribution in [0.1, 0.15) is 95.3 Å². The van der Waals surface area contributed by atoms with Crippen LogP contribution in [-0.4, -0.2) is 49.7 Å². The summed E-state index contributed by atoms with van der Waals surface area (Å²) in [5, 5.41) is 40.4. The second-order valence-corrected chi connectivity index (χ2v) is 11.4. The summed E-state index contributed by atoms with van der Waals surface area (Å²) < 4.78 is 5.12. The highest BCUT2D eigenvalue weighted by Gasteiger charge is 2.42. The second-order valence-electron chi connectivity index (χ2n) is 11.4. The van der Waals surface area contributed by atoms with Gasteiger partial charge in [-0.25, -0.2) is 9.59 Å². The van der Waals surface area contributed by atoms with Crippen molar-refractivity contribution in [2.45, 2.75) is 90.6 Å². The van der Waals surface area contributed by atoms with E-state index in [4.69, 9.17) is 4.74 Å². The Kier molecular flexibility index (Phi) is 12.1. The predicted molar refractivity (Wildman–Crippen MR) is 148 cm³/mol. The van der Waals surface area contributed by atoms with Gasteiger partial charge in [0.15, 0.2) is 5.76 Å². The molecule has 9 nitrogen and oxygen atoms in total. The molecule has 4 N–H and O–H groups in total. The number of allylic oxidation sites excluding steroid dienone is 2. The van der Waals surface area contributed by atoms with Gasteiger partial charge in [-0.15, -0.1) is 0 Å². The van der Waals surface area contributed by atoms with Crippen LogP contribution in [0.15, 0.2) is 54.0 Å². The second kappa shape index (κ2) is 14.8. The van der Waals surface area contributed by atoms with Crippen LogP contribution in [0, 0.1) is 17.3 Å². The normalized spacial score (nSPS) is 19.8. The summed E-state index contributed by atoms with van der Waals surface area (Å²) in [4.78, 5) is 48.5. The summed E-state index contributed by atoms with van der Waals surface area (Å²) in [5.74, 6) is -7.17. The van der Waals surface area contributed by atoms with Gasteiger partial charge in [-0.2, -0.15) is 0 Å². The summed E-state index contributed by atoms with van der Waals surface area (Å²) in [6.45, 7) is 6.60. The maximum Gasteiger partial charge on any atom is 0.374 e. The van der Waals surface area contributed by atoms with E-state index in [2.05, 4.69) is 32.9 Å². The summed E-state index contributed by atoms with van der Waals surface area (Å²) in [6, 6.07) is 7.49. The third kappa shape index (κ3) is 9.62. The molecule has 1 aromatic rings. The molecule has 0 spiro atoms. The van der Waals surface area contributed by atoms with Crippen LogP contribution in [0.3, 0.4) is 0 Å². The van der Waals surface area contributed by atoms with Gasteiger partial charge in [0, 0.05) is 12.3 Å². The van der Waals surface area contributed by atoms with Crippen molar-refractivity contribution in [3.05, 3.63) is 59.6 Å². The minimum Gasteiger partial charge on any atom is -0.499 e. The van der Waals surface area contributed by atoms with Crippen molar-refractivity contribution in [3.8, 4) is 0 Å². The molecule has 0 aromatic heterocycles. The lowest BCUT2D eigenvalue weighted by Crippen LogP contribution is -2.38. The lowest BCUT2D eigenvalue weighted by molar-refractivity contribution is -0.144. The molecule has 220 valence electrons. The number of hydrogen-bond donors (Lipinski definition) is 4. The first kappa shape index (κ1) is 32.8. The van der Waals surface area contributed by atoms with E-state index in [1.807, 2.05) is 0 Å². The number of aliphatic hydroxyl groups is 2. The Bertz CT molecular complexity index is 1100. The molecule has 1 aromatic carbocycles. The molecule has 1 aliphatic rings. The molecule has 0 heterocycles. The zero-order valence-electron chi connectivity index (χ0n) is 23.6. The molecule has 0 radical (unpaired) electrons. The first-order chi connectivity index (χ1) is 18.8. The van der Waals surface area contributed by atoms with Gasteiger partial charge in [0.05, 0.1) is 12.0 Å². The van der Waals surface area contributed by atoms with Gasteiger partial charge in [0.25, 0.3) is 0 Å². The van der Waals surface area contributed by atoms with E-state index in [1.54, 1.807) is 6.07 Å². The molecule has 0 amide bonds. The van der Waals surface area contributed by atoms with E-state index in [9.17, 15) is 39.6 Å². The van der Waals surface area contributed by atoms with Crippen molar-refractivity contribution in [1.82, 2.24) is 0 Å². The molecular formula is C31H42O9. The Balaban J connectivity index is 2.20. The van der Waals surface area contributed by atoms with Crippen molar-refractivity contribution >= 4 is 23.7 Å². The SMILES string of the molecule is CCCCC(C)(C)C/C=C/[C@H]1CCC(=O)[C@@H]1CCCC(O)(CC(=O)O)/C(OC(=O)c1ccccc1)=C(\O)C(=O)O. The smallest absolute Gasteiger partial charge is 0.374 e. The van der Waals surface area contributed by atoms with Gasteiger partial charge in [-0.1, -0.05) is 64.0 Å². The fourth-order valence-electron chi connectivity index (χ4n) is 5.19. The van der Waals surface area contributed by atoms with Crippen LogP contribution in [-0.2, 0) is 19.1 Å². The van der Waals surface area contributed by atoms with Crippen molar-refractivity contribution in [2.75, 3.05) is 0 Å². The van der Waals surface area contributed by atoms with Crippen LogP contribution in [0.2, 0.25) is 0 Å². The molecule has 9 heteroatoms. The lowest BCUT2D eigenvalue weighted by atomic mass is 9.82. The van der Waals surface area contributed by atoms with Gasteiger partial charge in [-0.05, 0) is 62.0 Å². The van der Waals surface area contributed by atoms with Gasteiger partial charge >= 0.3 is 17.9 Å². The first-order valence-electron chi connectivity index (χ1n) is 13.9. The number of carboxylic acid groups (broad SMARTS) is 2. The van der Waals surface area contributed by atoms with E-state index in [-0.39, 0.29) is 41.4 Å². The number of ether oxygens (including phenoxy) is 1. The highest BCUT2D eigenvalue weighted by molar-refractivity contribution is 5.92. The number of carbonyl (C=O) groups excluding carboxylic acids is 2. The molecule has 40 heavy (non-hydrogen) atoms. The number of rotatable bonds is 16. The zero-order chi connectivity index (χ0) is 29.9. The molecule has 2 rings (SSSR count). The maximum absolute atomic E-state index is 12.7. The Labute approximate surface area is 235 Å². The molecule has 0 saturated heterocycles. The fourth-order valence-corrected chi connectivity index (χ4v) is 5.19. The topological polar surface area (TPSA) is 158 Å². The van der Waals surface area contributed by atoms with Crippen LogP contribution < -0.4 is 0 Å². The number of aliphatic hydroxyl groups excluding tert-OH is 1. The number of ketones is 1. The molecule has 3 atom stereocenters. The quantitative estimate of drug-likeness (QED) is 0.0847.